The molecule has 0 aliphatic rings. The zero-order valence-corrected chi connectivity index (χ0v) is 10.7. The SMILES string of the molecule is CCn1nccc1C(O)c1c(Br)cnn1C. The summed E-state index contributed by atoms with van der Waals surface area (Å²) in [5, 5.41) is 18.5. The lowest BCUT2D eigenvalue weighted by molar-refractivity contribution is 0.197. The normalized spacial score (nSPS) is 13.0. The molecule has 5 nitrogen and oxygen atoms in total. The third-order valence-corrected chi connectivity index (χ3v) is 3.14. The van der Waals surface area contributed by atoms with Crippen molar-refractivity contribution in [2.24, 2.45) is 7.05 Å². The van der Waals surface area contributed by atoms with Crippen molar-refractivity contribution < 1.29 is 5.11 Å². The lowest BCUT2D eigenvalue weighted by Crippen LogP contribution is -2.12. The van der Waals surface area contributed by atoms with Crippen molar-refractivity contribution in [2.75, 3.05) is 0 Å². The molecule has 2 rings (SSSR count). The highest BCUT2D eigenvalue weighted by molar-refractivity contribution is 9.10. The Morgan fingerprint density at radius 1 is 1.50 bits per heavy atom. The van der Waals surface area contributed by atoms with E-state index in [1.54, 1.807) is 28.8 Å². The summed E-state index contributed by atoms with van der Waals surface area (Å²) in [5.41, 5.74) is 1.50. The van der Waals surface area contributed by atoms with Gasteiger partial charge in [-0.1, -0.05) is 0 Å². The Morgan fingerprint density at radius 2 is 2.25 bits per heavy atom. The molecular formula is C10H13BrN4O. The van der Waals surface area contributed by atoms with Crippen LogP contribution in [0, 0.1) is 0 Å². The Hall–Kier alpha value is -1.14. The molecular weight excluding hydrogens is 272 g/mol. The van der Waals surface area contributed by atoms with Gasteiger partial charge in [0.2, 0.25) is 0 Å². The average Bonchev–Trinajstić information content (AvgIpc) is 2.85. The highest BCUT2D eigenvalue weighted by Crippen LogP contribution is 2.27. The molecule has 0 radical (unpaired) electrons. The monoisotopic (exact) mass is 284 g/mol. The first-order valence-corrected chi connectivity index (χ1v) is 5.81. The largest absolute Gasteiger partial charge is 0.380 e. The molecule has 86 valence electrons. The van der Waals surface area contributed by atoms with Gasteiger partial charge in [-0.05, 0) is 28.9 Å². The first-order valence-electron chi connectivity index (χ1n) is 5.02. The van der Waals surface area contributed by atoms with Crippen LogP contribution in [0.25, 0.3) is 0 Å². The van der Waals surface area contributed by atoms with Crippen LogP contribution >= 0.6 is 15.9 Å². The van der Waals surface area contributed by atoms with Crippen LogP contribution in [0.4, 0.5) is 0 Å². The average molecular weight is 285 g/mol. The van der Waals surface area contributed by atoms with Crippen LogP contribution in [0.1, 0.15) is 24.4 Å². The van der Waals surface area contributed by atoms with Crippen molar-refractivity contribution in [1.29, 1.82) is 0 Å². The van der Waals surface area contributed by atoms with Crippen LogP contribution in [0.3, 0.4) is 0 Å². The summed E-state index contributed by atoms with van der Waals surface area (Å²) >= 11 is 3.38. The third-order valence-electron chi connectivity index (χ3n) is 2.53. The minimum atomic E-state index is -0.718. The summed E-state index contributed by atoms with van der Waals surface area (Å²) in [6, 6.07) is 1.81. The van der Waals surface area contributed by atoms with Gasteiger partial charge in [0.15, 0.2) is 0 Å². The molecule has 0 aliphatic carbocycles. The fourth-order valence-electron chi connectivity index (χ4n) is 1.71. The van der Waals surface area contributed by atoms with E-state index in [-0.39, 0.29) is 0 Å². The summed E-state index contributed by atoms with van der Waals surface area (Å²) < 4.78 is 4.22. The Balaban J connectivity index is 2.43. The molecule has 0 saturated heterocycles. The van der Waals surface area contributed by atoms with Crippen LogP contribution in [0.15, 0.2) is 22.9 Å². The van der Waals surface area contributed by atoms with Crippen LogP contribution in [0.2, 0.25) is 0 Å². The summed E-state index contributed by atoms with van der Waals surface area (Å²) in [6.45, 7) is 2.72. The highest BCUT2D eigenvalue weighted by atomic mass is 79.9. The van der Waals surface area contributed by atoms with E-state index < -0.39 is 6.10 Å². The maximum absolute atomic E-state index is 10.3. The predicted molar refractivity (Wildman–Crippen MR) is 62.9 cm³/mol. The van der Waals surface area contributed by atoms with E-state index in [0.717, 1.165) is 22.4 Å². The Bertz CT molecular complexity index is 471. The molecule has 0 spiro atoms. The van der Waals surface area contributed by atoms with E-state index in [0.29, 0.717) is 0 Å². The Morgan fingerprint density at radius 3 is 2.81 bits per heavy atom. The number of nitrogens with zero attached hydrogens (tertiary/aromatic N) is 4. The smallest absolute Gasteiger partial charge is 0.138 e. The molecule has 2 aromatic rings. The second kappa shape index (κ2) is 4.39. The molecule has 16 heavy (non-hydrogen) atoms. The quantitative estimate of drug-likeness (QED) is 0.929. The number of aromatic nitrogens is 4. The first-order chi connectivity index (χ1) is 7.65. The van der Waals surface area contributed by atoms with Gasteiger partial charge in [-0.25, -0.2) is 0 Å². The maximum Gasteiger partial charge on any atom is 0.138 e. The molecule has 0 bridgehead atoms. The van der Waals surface area contributed by atoms with Gasteiger partial charge in [0.25, 0.3) is 0 Å². The van der Waals surface area contributed by atoms with Crippen molar-refractivity contribution in [1.82, 2.24) is 19.6 Å². The summed E-state index contributed by atoms with van der Waals surface area (Å²) in [7, 11) is 1.80. The predicted octanol–water partition coefficient (Wildman–Crippen LogP) is 1.48. The molecule has 0 amide bonds. The minimum Gasteiger partial charge on any atom is -0.380 e. The highest BCUT2D eigenvalue weighted by Gasteiger charge is 2.20. The van der Waals surface area contributed by atoms with Crippen molar-refractivity contribution in [3.63, 3.8) is 0 Å². The molecule has 1 atom stereocenters. The van der Waals surface area contributed by atoms with Crippen molar-refractivity contribution >= 4 is 15.9 Å². The fraction of sp³-hybridized carbons (Fsp3) is 0.400. The number of aliphatic hydroxyl groups is 1. The van der Waals surface area contributed by atoms with E-state index in [4.69, 9.17) is 0 Å². The first kappa shape index (κ1) is 11.3. The van der Waals surface area contributed by atoms with E-state index in [9.17, 15) is 5.11 Å². The maximum atomic E-state index is 10.3. The van der Waals surface area contributed by atoms with Crippen LogP contribution < -0.4 is 0 Å². The standard InChI is InChI=1S/C10H13BrN4O/c1-3-15-8(4-5-12-15)10(16)9-7(11)6-13-14(9)2/h4-6,10,16H,3H2,1-2H3. The van der Waals surface area contributed by atoms with E-state index in [2.05, 4.69) is 26.1 Å². The van der Waals surface area contributed by atoms with Gasteiger partial charge in [-0.2, -0.15) is 10.2 Å². The molecule has 1 unspecified atom stereocenters. The molecule has 0 saturated carbocycles. The van der Waals surface area contributed by atoms with Gasteiger partial charge in [-0.15, -0.1) is 0 Å². The lowest BCUT2D eigenvalue weighted by Gasteiger charge is -2.13. The molecule has 2 aromatic heterocycles. The zero-order valence-electron chi connectivity index (χ0n) is 9.13. The minimum absolute atomic E-state index is 0.718. The van der Waals surface area contributed by atoms with Gasteiger partial charge in [0.1, 0.15) is 6.10 Å². The van der Waals surface area contributed by atoms with Gasteiger partial charge in [0, 0.05) is 19.8 Å². The number of halogens is 1. The van der Waals surface area contributed by atoms with Gasteiger partial charge >= 0.3 is 0 Å². The van der Waals surface area contributed by atoms with Crippen LogP contribution in [-0.2, 0) is 13.6 Å². The van der Waals surface area contributed by atoms with Crippen molar-refractivity contribution in [3.8, 4) is 0 Å². The van der Waals surface area contributed by atoms with E-state index in [1.165, 1.54) is 0 Å². The second-order valence-corrected chi connectivity index (χ2v) is 4.33. The molecule has 0 aromatic carbocycles. The van der Waals surface area contributed by atoms with Crippen LogP contribution in [0.5, 0.6) is 0 Å². The van der Waals surface area contributed by atoms with Gasteiger partial charge in [-0.3, -0.25) is 9.36 Å². The third kappa shape index (κ3) is 1.78. The number of hydrogen-bond acceptors (Lipinski definition) is 3. The molecule has 2 heterocycles. The van der Waals surface area contributed by atoms with Crippen molar-refractivity contribution in [2.45, 2.75) is 19.6 Å². The van der Waals surface area contributed by atoms with Crippen molar-refractivity contribution in [3.05, 3.63) is 34.3 Å². The van der Waals surface area contributed by atoms with Gasteiger partial charge in [0.05, 0.1) is 22.1 Å². The number of hydrogen-bond donors (Lipinski definition) is 1. The molecule has 0 fully saturated rings. The number of aryl methyl sites for hydroxylation is 2. The lowest BCUT2D eigenvalue weighted by atomic mass is 10.2. The summed E-state index contributed by atoms with van der Waals surface area (Å²) in [4.78, 5) is 0. The Kier molecular flexibility index (Phi) is 3.11. The van der Waals surface area contributed by atoms with Crippen LogP contribution in [-0.4, -0.2) is 24.7 Å². The molecule has 6 heteroatoms. The number of aliphatic hydroxyl groups excluding tert-OH is 1. The summed E-state index contributed by atoms with van der Waals surface area (Å²) in [5.74, 6) is 0. The molecule has 0 aliphatic heterocycles. The summed E-state index contributed by atoms with van der Waals surface area (Å²) in [6.07, 6.45) is 2.64. The topological polar surface area (TPSA) is 55.9 Å². The molecule has 1 N–H and O–H groups in total. The Labute approximate surface area is 102 Å². The van der Waals surface area contributed by atoms with E-state index >= 15 is 0 Å². The number of rotatable bonds is 3. The van der Waals surface area contributed by atoms with Gasteiger partial charge < -0.3 is 5.11 Å². The zero-order chi connectivity index (χ0) is 11.7. The van der Waals surface area contributed by atoms with E-state index in [1.807, 2.05) is 13.0 Å². The fourth-order valence-corrected chi connectivity index (χ4v) is 2.27. The second-order valence-electron chi connectivity index (χ2n) is 3.48.